The number of hydrogen-bond acceptors (Lipinski definition) is 4. The molecule has 4 nitrogen and oxygen atoms in total. The molecule has 1 aromatic carbocycles. The number of anilines is 2. The third kappa shape index (κ3) is 1.59. The first kappa shape index (κ1) is 11.9. The Morgan fingerprint density at radius 3 is 2.90 bits per heavy atom. The number of carbonyl (C=O) groups excluding carboxylic acids is 1. The quantitative estimate of drug-likeness (QED) is 0.876. The zero-order valence-corrected chi connectivity index (χ0v) is 12.1. The van der Waals surface area contributed by atoms with Gasteiger partial charge in [-0.1, -0.05) is 0 Å². The highest BCUT2D eigenvalue weighted by Crippen LogP contribution is 2.40. The van der Waals surface area contributed by atoms with E-state index in [0.717, 1.165) is 46.8 Å². The van der Waals surface area contributed by atoms with E-state index in [4.69, 9.17) is 5.73 Å². The van der Waals surface area contributed by atoms with E-state index in [1.165, 1.54) is 16.9 Å². The van der Waals surface area contributed by atoms with Crippen molar-refractivity contribution < 1.29 is 4.79 Å². The smallest absolute Gasteiger partial charge is 0.231 e. The maximum atomic E-state index is 12.1. The van der Waals surface area contributed by atoms with Crippen molar-refractivity contribution in [2.75, 3.05) is 17.2 Å². The van der Waals surface area contributed by atoms with Gasteiger partial charge in [0.1, 0.15) is 0 Å². The first-order valence-electron chi connectivity index (χ1n) is 6.83. The Labute approximate surface area is 121 Å². The van der Waals surface area contributed by atoms with Crippen LogP contribution in [0.5, 0.6) is 0 Å². The number of benzene rings is 1. The Kier molecular flexibility index (Phi) is 2.41. The molecule has 2 aliphatic rings. The summed E-state index contributed by atoms with van der Waals surface area (Å²) in [6, 6.07) is 4.30. The molecule has 3 heterocycles. The number of carbonyl (C=O) groups is 1. The highest BCUT2D eigenvalue weighted by atomic mass is 32.1. The summed E-state index contributed by atoms with van der Waals surface area (Å²) in [7, 11) is 0. The highest BCUT2D eigenvalue weighted by Gasteiger charge is 2.32. The third-order valence-corrected chi connectivity index (χ3v) is 4.89. The van der Waals surface area contributed by atoms with Crippen LogP contribution in [-0.4, -0.2) is 17.4 Å². The highest BCUT2D eigenvalue weighted by molar-refractivity contribution is 7.15. The van der Waals surface area contributed by atoms with Crippen molar-refractivity contribution >= 4 is 28.1 Å². The monoisotopic (exact) mass is 285 g/mol. The Bertz CT molecular complexity index is 735. The van der Waals surface area contributed by atoms with Crippen LogP contribution in [0, 0.1) is 6.92 Å². The molecule has 2 aromatic rings. The molecule has 0 bridgehead atoms. The molecule has 102 valence electrons. The maximum absolute atomic E-state index is 12.1. The van der Waals surface area contributed by atoms with Gasteiger partial charge in [-0.25, -0.2) is 4.98 Å². The van der Waals surface area contributed by atoms with E-state index in [-0.39, 0.29) is 5.91 Å². The number of hydrogen-bond donors (Lipinski definition) is 1. The summed E-state index contributed by atoms with van der Waals surface area (Å²) in [6.07, 6.45) is 2.60. The van der Waals surface area contributed by atoms with Gasteiger partial charge in [0.05, 0.1) is 17.8 Å². The van der Waals surface area contributed by atoms with Crippen LogP contribution >= 0.6 is 11.3 Å². The molecule has 0 saturated carbocycles. The molecule has 1 amide bonds. The van der Waals surface area contributed by atoms with Crippen LogP contribution in [0.1, 0.15) is 22.4 Å². The molecule has 0 atom stereocenters. The fraction of sp³-hybridized carbons (Fsp3) is 0.333. The maximum Gasteiger partial charge on any atom is 0.231 e. The van der Waals surface area contributed by atoms with E-state index in [1.807, 2.05) is 11.8 Å². The predicted octanol–water partition coefficient (Wildman–Crippen LogP) is 2.54. The lowest BCUT2D eigenvalue weighted by atomic mass is 9.95. The molecule has 0 radical (unpaired) electrons. The number of aryl methyl sites for hydroxylation is 2. The minimum atomic E-state index is 0.229. The molecule has 5 heteroatoms. The molecule has 0 spiro atoms. The standard InChI is InChI=1S/C15H15N3OS/c1-8-13(17-15(16)20-8)10-5-9-3-2-4-18-12(19)7-11(6-10)14(9)18/h5-6H,2-4,7H2,1H3,(H2,16,17). The number of rotatable bonds is 1. The molecule has 1 aromatic heterocycles. The summed E-state index contributed by atoms with van der Waals surface area (Å²) in [6.45, 7) is 2.90. The SMILES string of the molecule is Cc1sc(N)nc1-c1cc2c3c(c1)CC(=O)N3CCC2. The van der Waals surface area contributed by atoms with Gasteiger partial charge in [-0.3, -0.25) is 4.79 Å². The van der Waals surface area contributed by atoms with Gasteiger partial charge in [0.2, 0.25) is 5.91 Å². The fourth-order valence-electron chi connectivity index (χ4n) is 3.30. The minimum absolute atomic E-state index is 0.229. The predicted molar refractivity (Wildman–Crippen MR) is 81.1 cm³/mol. The van der Waals surface area contributed by atoms with Crippen molar-refractivity contribution in [3.8, 4) is 11.3 Å². The number of aromatic nitrogens is 1. The lowest BCUT2D eigenvalue weighted by Crippen LogP contribution is -2.31. The molecule has 0 fully saturated rings. The number of amides is 1. The first-order valence-corrected chi connectivity index (χ1v) is 7.64. The van der Waals surface area contributed by atoms with Crippen LogP contribution < -0.4 is 10.6 Å². The molecule has 20 heavy (non-hydrogen) atoms. The second-order valence-electron chi connectivity index (χ2n) is 5.43. The van der Waals surface area contributed by atoms with Crippen molar-refractivity contribution in [1.29, 1.82) is 0 Å². The summed E-state index contributed by atoms with van der Waals surface area (Å²) in [5.41, 5.74) is 11.4. The van der Waals surface area contributed by atoms with Crippen molar-refractivity contribution in [3.63, 3.8) is 0 Å². The van der Waals surface area contributed by atoms with Gasteiger partial charge >= 0.3 is 0 Å². The molecular formula is C15H15N3OS. The van der Waals surface area contributed by atoms with Crippen LogP contribution in [0.3, 0.4) is 0 Å². The third-order valence-electron chi connectivity index (χ3n) is 4.09. The Hall–Kier alpha value is -1.88. The summed E-state index contributed by atoms with van der Waals surface area (Å²) >= 11 is 1.52. The van der Waals surface area contributed by atoms with Crippen molar-refractivity contribution in [3.05, 3.63) is 28.1 Å². The summed E-state index contributed by atoms with van der Waals surface area (Å²) in [5.74, 6) is 0.229. The topological polar surface area (TPSA) is 59.2 Å². The Morgan fingerprint density at radius 1 is 1.35 bits per heavy atom. The van der Waals surface area contributed by atoms with Gasteiger partial charge in [-0.2, -0.15) is 0 Å². The number of thiazole rings is 1. The summed E-state index contributed by atoms with van der Waals surface area (Å²) in [5, 5.41) is 0.601. The van der Waals surface area contributed by atoms with Gasteiger partial charge in [0, 0.05) is 17.0 Å². The number of nitrogens with zero attached hydrogens (tertiary/aromatic N) is 2. The zero-order chi connectivity index (χ0) is 13.9. The van der Waals surface area contributed by atoms with Crippen LogP contribution in [0.15, 0.2) is 12.1 Å². The molecular weight excluding hydrogens is 270 g/mol. The largest absolute Gasteiger partial charge is 0.375 e. The molecule has 2 N–H and O–H groups in total. The molecule has 0 unspecified atom stereocenters. The molecule has 0 aliphatic carbocycles. The van der Waals surface area contributed by atoms with E-state index in [2.05, 4.69) is 17.1 Å². The van der Waals surface area contributed by atoms with E-state index in [1.54, 1.807) is 0 Å². The average molecular weight is 285 g/mol. The second kappa shape index (κ2) is 4.06. The number of nitrogen functional groups attached to an aromatic ring is 1. The average Bonchev–Trinajstić information content (AvgIpc) is 2.92. The molecule has 0 saturated heterocycles. The van der Waals surface area contributed by atoms with Gasteiger partial charge in [-0.15, -0.1) is 11.3 Å². The van der Waals surface area contributed by atoms with E-state index >= 15 is 0 Å². The van der Waals surface area contributed by atoms with Crippen LogP contribution in [0.4, 0.5) is 10.8 Å². The lowest BCUT2D eigenvalue weighted by molar-refractivity contribution is -0.117. The van der Waals surface area contributed by atoms with Crippen molar-refractivity contribution in [2.45, 2.75) is 26.2 Å². The fourth-order valence-corrected chi connectivity index (χ4v) is 4.01. The zero-order valence-electron chi connectivity index (χ0n) is 11.3. The summed E-state index contributed by atoms with van der Waals surface area (Å²) in [4.78, 5) is 19.6. The van der Waals surface area contributed by atoms with Crippen LogP contribution in [0.25, 0.3) is 11.3 Å². The first-order chi connectivity index (χ1) is 9.63. The van der Waals surface area contributed by atoms with Crippen LogP contribution in [0.2, 0.25) is 0 Å². The van der Waals surface area contributed by atoms with Gasteiger partial charge in [0.15, 0.2) is 5.13 Å². The molecule has 2 aliphatic heterocycles. The van der Waals surface area contributed by atoms with E-state index in [9.17, 15) is 4.79 Å². The molecule has 4 rings (SSSR count). The Morgan fingerprint density at radius 2 is 2.15 bits per heavy atom. The van der Waals surface area contributed by atoms with E-state index < -0.39 is 0 Å². The lowest BCUT2D eigenvalue weighted by Gasteiger charge is -2.25. The number of nitrogens with two attached hydrogens (primary N) is 1. The summed E-state index contributed by atoms with van der Waals surface area (Å²) < 4.78 is 0. The Balaban J connectivity index is 1.91. The van der Waals surface area contributed by atoms with E-state index in [0.29, 0.717) is 11.6 Å². The normalized spacial score (nSPS) is 16.6. The van der Waals surface area contributed by atoms with Crippen molar-refractivity contribution in [1.82, 2.24) is 4.98 Å². The van der Waals surface area contributed by atoms with Gasteiger partial charge < -0.3 is 10.6 Å². The van der Waals surface area contributed by atoms with Gasteiger partial charge in [-0.05, 0) is 43.0 Å². The van der Waals surface area contributed by atoms with Crippen molar-refractivity contribution in [2.24, 2.45) is 0 Å². The van der Waals surface area contributed by atoms with Crippen LogP contribution in [-0.2, 0) is 17.6 Å². The second-order valence-corrected chi connectivity index (χ2v) is 6.66. The van der Waals surface area contributed by atoms with Gasteiger partial charge in [0.25, 0.3) is 0 Å². The minimum Gasteiger partial charge on any atom is -0.375 e.